The van der Waals surface area contributed by atoms with Gasteiger partial charge in [-0.05, 0) is 61.4 Å². The molecule has 1 N–H and O–H groups in total. The number of ether oxygens (including phenoxy) is 1. The molecular formula is C18H17FN2O2. The Balaban J connectivity index is 1.88. The molecule has 3 rings (SSSR count). The first-order valence-electron chi connectivity index (χ1n) is 7.41. The van der Waals surface area contributed by atoms with E-state index in [1.807, 2.05) is 26.0 Å². The topological polar surface area (TPSA) is 50.7 Å². The molecule has 0 spiro atoms. The molecule has 2 aromatic carbocycles. The van der Waals surface area contributed by atoms with Crippen LogP contribution in [0.5, 0.6) is 5.75 Å². The fourth-order valence-corrected chi connectivity index (χ4v) is 2.38. The van der Waals surface area contributed by atoms with Gasteiger partial charge in [0.2, 0.25) is 5.78 Å². The number of hydrogen-bond donors (Lipinski definition) is 1. The van der Waals surface area contributed by atoms with Gasteiger partial charge in [-0.25, -0.2) is 4.39 Å². The number of carbonyl (C=O) groups excluding carboxylic acids is 1. The second-order valence-electron chi connectivity index (χ2n) is 5.54. The van der Waals surface area contributed by atoms with Gasteiger partial charge in [0.1, 0.15) is 17.3 Å². The number of nitrogens with one attached hydrogen (secondary N) is 1. The van der Waals surface area contributed by atoms with Gasteiger partial charge in [-0.2, -0.15) is 5.10 Å². The van der Waals surface area contributed by atoms with Crippen molar-refractivity contribution in [3.8, 4) is 5.75 Å². The van der Waals surface area contributed by atoms with Gasteiger partial charge in [-0.1, -0.05) is 0 Å². The van der Waals surface area contributed by atoms with Gasteiger partial charge in [0.25, 0.3) is 0 Å². The molecule has 1 aliphatic heterocycles. The van der Waals surface area contributed by atoms with Crippen LogP contribution in [0.25, 0.3) is 0 Å². The van der Waals surface area contributed by atoms with Crippen molar-refractivity contribution >= 4 is 17.2 Å². The highest BCUT2D eigenvalue weighted by Crippen LogP contribution is 2.27. The number of Topliss-reactive ketones (excluding diaryl/α,β-unsaturated/α-hetero) is 1. The zero-order chi connectivity index (χ0) is 16.4. The maximum Gasteiger partial charge on any atom is 0.212 e. The number of carbonyl (C=O) groups is 1. The van der Waals surface area contributed by atoms with Gasteiger partial charge >= 0.3 is 0 Å². The molecule has 0 unspecified atom stereocenters. The Morgan fingerprint density at radius 3 is 2.57 bits per heavy atom. The molecule has 0 saturated heterocycles. The molecular weight excluding hydrogens is 295 g/mol. The highest BCUT2D eigenvalue weighted by molar-refractivity contribution is 6.46. The van der Waals surface area contributed by atoms with Crippen molar-refractivity contribution in [1.82, 2.24) is 0 Å². The molecule has 0 bridgehead atoms. The number of rotatable bonds is 2. The second kappa shape index (κ2) is 6.20. The van der Waals surface area contributed by atoms with Crippen LogP contribution in [0.2, 0.25) is 0 Å². The molecule has 0 aliphatic carbocycles. The third-order valence-electron chi connectivity index (χ3n) is 3.86. The number of benzene rings is 2. The summed E-state index contributed by atoms with van der Waals surface area (Å²) in [5, 5.41) is 4.19. The van der Waals surface area contributed by atoms with Crippen LogP contribution in [0.15, 0.2) is 41.5 Å². The average molecular weight is 312 g/mol. The average Bonchev–Trinajstić information content (AvgIpc) is 2.68. The van der Waals surface area contributed by atoms with Crippen LogP contribution < -0.4 is 10.2 Å². The van der Waals surface area contributed by atoms with Crippen molar-refractivity contribution in [2.45, 2.75) is 20.3 Å². The van der Waals surface area contributed by atoms with Crippen molar-refractivity contribution in [3.63, 3.8) is 0 Å². The third-order valence-corrected chi connectivity index (χ3v) is 3.86. The zero-order valence-corrected chi connectivity index (χ0v) is 13.0. The number of hydrogen-bond acceptors (Lipinski definition) is 4. The van der Waals surface area contributed by atoms with Gasteiger partial charge in [0.15, 0.2) is 0 Å². The van der Waals surface area contributed by atoms with Gasteiger partial charge in [0, 0.05) is 6.42 Å². The molecule has 1 aliphatic rings. The molecule has 118 valence electrons. The summed E-state index contributed by atoms with van der Waals surface area (Å²) in [7, 11) is 0. The predicted molar refractivity (Wildman–Crippen MR) is 87.8 cm³/mol. The molecule has 23 heavy (non-hydrogen) atoms. The van der Waals surface area contributed by atoms with Crippen LogP contribution in [0.3, 0.4) is 0 Å². The number of anilines is 1. The van der Waals surface area contributed by atoms with Crippen LogP contribution in [0.1, 0.15) is 27.9 Å². The van der Waals surface area contributed by atoms with Gasteiger partial charge < -0.3 is 4.74 Å². The molecule has 0 amide bonds. The predicted octanol–water partition coefficient (Wildman–Crippen LogP) is 3.88. The lowest BCUT2D eigenvalue weighted by Crippen LogP contribution is -2.15. The Labute approximate surface area is 134 Å². The normalized spacial score (nSPS) is 15.8. The molecule has 0 aromatic heterocycles. The van der Waals surface area contributed by atoms with E-state index in [0.717, 1.165) is 11.1 Å². The summed E-state index contributed by atoms with van der Waals surface area (Å²) in [5.41, 5.74) is 6.48. The Morgan fingerprint density at radius 2 is 1.83 bits per heavy atom. The van der Waals surface area contributed by atoms with Gasteiger partial charge in [-0.3, -0.25) is 10.2 Å². The highest BCUT2D eigenvalue weighted by Gasteiger charge is 2.23. The maximum absolute atomic E-state index is 12.9. The van der Waals surface area contributed by atoms with E-state index in [2.05, 4.69) is 10.5 Å². The molecule has 0 fully saturated rings. The number of halogens is 1. The third kappa shape index (κ3) is 3.23. The zero-order valence-electron chi connectivity index (χ0n) is 13.0. The second-order valence-corrected chi connectivity index (χ2v) is 5.54. The monoisotopic (exact) mass is 312 g/mol. The minimum atomic E-state index is -0.318. The molecule has 1 heterocycles. The standard InChI is InChI=1S/C18H17FN2O2/c1-11-9-15-17(10-12(11)2)23-8-7-16(18(15)22)21-20-14-5-3-13(19)4-6-14/h3-6,9-10,20H,7-8H2,1-2H3/b21-16-. The first-order chi connectivity index (χ1) is 11.0. The van der Waals surface area contributed by atoms with E-state index in [1.165, 1.54) is 12.1 Å². The number of fused-ring (bicyclic) bond motifs is 1. The maximum atomic E-state index is 12.9. The summed E-state index contributed by atoms with van der Waals surface area (Å²) in [6, 6.07) is 9.53. The number of nitrogens with zero attached hydrogens (tertiary/aromatic N) is 1. The summed E-state index contributed by atoms with van der Waals surface area (Å²) < 4.78 is 18.6. The van der Waals surface area contributed by atoms with Crippen LogP contribution in [0, 0.1) is 19.7 Å². The van der Waals surface area contributed by atoms with E-state index in [9.17, 15) is 9.18 Å². The van der Waals surface area contributed by atoms with E-state index in [1.54, 1.807) is 12.1 Å². The Bertz CT molecular complexity index is 782. The number of ketones is 1. The lowest BCUT2D eigenvalue weighted by molar-refractivity contribution is 0.106. The van der Waals surface area contributed by atoms with E-state index in [4.69, 9.17) is 4.74 Å². The molecule has 5 heteroatoms. The SMILES string of the molecule is Cc1cc2c(cc1C)C(=O)/C(=N\Nc1ccc(F)cc1)CCO2. The fourth-order valence-electron chi connectivity index (χ4n) is 2.38. The van der Waals surface area contributed by atoms with Crippen LogP contribution >= 0.6 is 0 Å². The van der Waals surface area contributed by atoms with Crippen LogP contribution in [0.4, 0.5) is 10.1 Å². The van der Waals surface area contributed by atoms with Crippen LogP contribution in [-0.2, 0) is 0 Å². The minimum absolute atomic E-state index is 0.143. The fraction of sp³-hybridized carbons (Fsp3) is 0.222. The van der Waals surface area contributed by atoms with Crippen molar-refractivity contribution in [3.05, 3.63) is 58.9 Å². The summed E-state index contributed by atoms with van der Waals surface area (Å²) in [5.74, 6) is 0.141. The van der Waals surface area contributed by atoms with Gasteiger partial charge in [0.05, 0.1) is 17.9 Å². The Hall–Kier alpha value is -2.69. The smallest absolute Gasteiger partial charge is 0.212 e. The summed E-state index contributed by atoms with van der Waals surface area (Å²) >= 11 is 0. The molecule has 0 radical (unpaired) electrons. The van der Waals surface area contributed by atoms with Crippen LogP contribution in [-0.4, -0.2) is 18.1 Å². The van der Waals surface area contributed by atoms with E-state index in [0.29, 0.717) is 35.7 Å². The summed E-state index contributed by atoms with van der Waals surface area (Å²) in [6.07, 6.45) is 0.416. The van der Waals surface area contributed by atoms with Crippen molar-refractivity contribution in [2.24, 2.45) is 5.10 Å². The molecule has 4 nitrogen and oxygen atoms in total. The first kappa shape index (κ1) is 15.2. The number of hydrazone groups is 1. The highest BCUT2D eigenvalue weighted by atomic mass is 19.1. The summed E-state index contributed by atoms with van der Waals surface area (Å²) in [4.78, 5) is 12.7. The first-order valence-corrected chi connectivity index (χ1v) is 7.41. The lowest BCUT2D eigenvalue weighted by Gasteiger charge is -2.09. The summed E-state index contributed by atoms with van der Waals surface area (Å²) in [6.45, 7) is 4.34. The van der Waals surface area contributed by atoms with Crippen molar-refractivity contribution in [2.75, 3.05) is 12.0 Å². The van der Waals surface area contributed by atoms with Crippen molar-refractivity contribution < 1.29 is 13.9 Å². The molecule has 0 saturated carbocycles. The number of aryl methyl sites for hydroxylation is 2. The largest absolute Gasteiger partial charge is 0.492 e. The lowest BCUT2D eigenvalue weighted by atomic mass is 10.00. The van der Waals surface area contributed by atoms with Crippen molar-refractivity contribution in [1.29, 1.82) is 0 Å². The van der Waals surface area contributed by atoms with E-state index >= 15 is 0 Å². The van der Waals surface area contributed by atoms with Gasteiger partial charge in [-0.15, -0.1) is 0 Å². The Kier molecular flexibility index (Phi) is 4.10. The molecule has 2 aromatic rings. The quantitative estimate of drug-likeness (QED) is 0.856. The minimum Gasteiger partial charge on any atom is -0.492 e. The van der Waals surface area contributed by atoms with E-state index < -0.39 is 0 Å². The Morgan fingerprint density at radius 1 is 1.13 bits per heavy atom. The van der Waals surface area contributed by atoms with E-state index in [-0.39, 0.29) is 11.6 Å². The molecule has 0 atom stereocenters.